The normalized spacial score (nSPS) is 11.2. The van der Waals surface area contributed by atoms with E-state index in [0.717, 1.165) is 12.2 Å². The van der Waals surface area contributed by atoms with E-state index >= 15 is 0 Å². The van der Waals surface area contributed by atoms with Gasteiger partial charge < -0.3 is 19.7 Å². The number of aliphatic carboxylic acids is 1. The molecule has 20 heavy (non-hydrogen) atoms. The lowest BCUT2D eigenvalue weighted by atomic mass is 10.0. The number of carbonyl (C=O) groups is 2. The summed E-state index contributed by atoms with van der Waals surface area (Å²) in [5.41, 5.74) is -1.27. The number of amides is 2. The monoisotopic (exact) mass is 283 g/mol. The number of rotatable bonds is 6. The van der Waals surface area contributed by atoms with Gasteiger partial charge in [-0.15, -0.1) is 0 Å². The highest BCUT2D eigenvalue weighted by atomic mass is 16.4. The predicted molar refractivity (Wildman–Crippen MR) is 72.2 cm³/mol. The van der Waals surface area contributed by atoms with Gasteiger partial charge in [-0.2, -0.15) is 0 Å². The molecule has 0 atom stereocenters. The molecular formula is C13H21N3O4. The zero-order valence-corrected chi connectivity index (χ0v) is 12.3. The summed E-state index contributed by atoms with van der Waals surface area (Å²) in [6, 6.07) is -0.462. The van der Waals surface area contributed by atoms with Crippen molar-refractivity contribution in [3.8, 4) is 0 Å². The van der Waals surface area contributed by atoms with Crippen molar-refractivity contribution in [2.45, 2.75) is 46.2 Å². The lowest BCUT2D eigenvalue weighted by Gasteiger charge is -2.33. The van der Waals surface area contributed by atoms with Gasteiger partial charge >= 0.3 is 12.0 Å². The number of hydrogen-bond donors (Lipinski definition) is 2. The van der Waals surface area contributed by atoms with Crippen molar-refractivity contribution in [1.82, 2.24) is 15.2 Å². The summed E-state index contributed by atoms with van der Waals surface area (Å²) in [5.74, 6) is 0.0886. The minimum atomic E-state index is -1.27. The molecule has 0 aliphatic carbocycles. The number of aromatic nitrogens is 1. The molecule has 2 N–H and O–H groups in total. The quantitative estimate of drug-likeness (QED) is 0.827. The van der Waals surface area contributed by atoms with Crippen LogP contribution < -0.4 is 5.32 Å². The fourth-order valence-corrected chi connectivity index (χ4v) is 1.75. The Morgan fingerprint density at radius 2 is 2.10 bits per heavy atom. The Morgan fingerprint density at radius 3 is 2.55 bits per heavy atom. The zero-order valence-electron chi connectivity index (χ0n) is 12.3. The van der Waals surface area contributed by atoms with Crippen LogP contribution in [0.3, 0.4) is 0 Å². The molecular weight excluding hydrogens is 262 g/mol. The molecule has 0 aromatic carbocycles. The number of nitrogens with one attached hydrogen (secondary N) is 1. The van der Waals surface area contributed by atoms with Crippen LogP contribution in [0.15, 0.2) is 10.6 Å². The summed E-state index contributed by atoms with van der Waals surface area (Å²) in [4.78, 5) is 28.5. The van der Waals surface area contributed by atoms with Crippen molar-refractivity contribution in [2.75, 3.05) is 6.54 Å². The van der Waals surface area contributed by atoms with Gasteiger partial charge in [0.15, 0.2) is 0 Å². The second kappa shape index (κ2) is 6.40. The van der Waals surface area contributed by atoms with Gasteiger partial charge in [-0.05, 0) is 20.8 Å². The van der Waals surface area contributed by atoms with Crippen molar-refractivity contribution in [2.24, 2.45) is 0 Å². The van der Waals surface area contributed by atoms with Gasteiger partial charge in [-0.25, -0.2) is 14.6 Å². The average molecular weight is 283 g/mol. The predicted octanol–water partition coefficient (Wildman–Crippen LogP) is 1.63. The van der Waals surface area contributed by atoms with Gasteiger partial charge in [0, 0.05) is 13.0 Å². The molecule has 0 fully saturated rings. The number of nitrogens with zero attached hydrogens (tertiary/aromatic N) is 2. The third-order valence-corrected chi connectivity index (χ3v) is 3.10. The van der Waals surface area contributed by atoms with Crippen LogP contribution in [0.2, 0.25) is 0 Å². The highest BCUT2D eigenvalue weighted by Crippen LogP contribution is 2.14. The Morgan fingerprint density at radius 1 is 1.45 bits per heavy atom. The molecule has 0 bridgehead atoms. The van der Waals surface area contributed by atoms with Crippen LogP contribution in [0.1, 0.15) is 39.3 Å². The number of oxazole rings is 1. The molecule has 0 aliphatic heterocycles. The standard InChI is InChI=1S/C13H21N3O4/c1-5-9-7-14-10(20-9)8-15-12(19)16(6-2)13(3,4)11(17)18/h7H,5-6,8H2,1-4H3,(H,15,19)(H,17,18). The van der Waals surface area contributed by atoms with Crippen LogP contribution in [0.5, 0.6) is 0 Å². The van der Waals surface area contributed by atoms with Crippen LogP contribution in [-0.2, 0) is 17.8 Å². The number of carboxylic acids is 1. The minimum absolute atomic E-state index is 0.130. The molecule has 112 valence electrons. The van der Waals surface area contributed by atoms with E-state index in [0.29, 0.717) is 5.89 Å². The first-order valence-corrected chi connectivity index (χ1v) is 6.55. The van der Waals surface area contributed by atoms with Gasteiger partial charge in [-0.3, -0.25) is 0 Å². The molecule has 7 heteroatoms. The molecule has 0 aliphatic rings. The van der Waals surface area contributed by atoms with Crippen molar-refractivity contribution in [1.29, 1.82) is 0 Å². The first-order chi connectivity index (χ1) is 9.32. The van der Waals surface area contributed by atoms with E-state index in [1.54, 1.807) is 13.1 Å². The third-order valence-electron chi connectivity index (χ3n) is 3.10. The van der Waals surface area contributed by atoms with E-state index in [-0.39, 0.29) is 13.1 Å². The van der Waals surface area contributed by atoms with E-state index in [2.05, 4.69) is 10.3 Å². The summed E-state index contributed by atoms with van der Waals surface area (Å²) in [5, 5.41) is 11.8. The molecule has 0 unspecified atom stereocenters. The van der Waals surface area contributed by atoms with E-state index in [9.17, 15) is 9.59 Å². The first kappa shape index (κ1) is 16.0. The summed E-state index contributed by atoms with van der Waals surface area (Å²) in [6.45, 7) is 7.06. The molecule has 0 spiro atoms. The number of urea groups is 1. The van der Waals surface area contributed by atoms with Crippen LogP contribution in [0.25, 0.3) is 0 Å². The third kappa shape index (κ3) is 3.49. The van der Waals surface area contributed by atoms with Crippen LogP contribution >= 0.6 is 0 Å². The van der Waals surface area contributed by atoms with Crippen molar-refractivity contribution >= 4 is 12.0 Å². The lowest BCUT2D eigenvalue weighted by molar-refractivity contribution is -0.147. The van der Waals surface area contributed by atoms with Gasteiger partial charge in [0.25, 0.3) is 0 Å². The second-order valence-electron chi connectivity index (χ2n) is 4.84. The summed E-state index contributed by atoms with van der Waals surface area (Å²) in [6.07, 6.45) is 2.34. The number of carboxylic acid groups (broad SMARTS) is 1. The van der Waals surface area contributed by atoms with Crippen LogP contribution in [-0.4, -0.2) is 39.1 Å². The average Bonchev–Trinajstić information content (AvgIpc) is 2.84. The largest absolute Gasteiger partial charge is 0.480 e. The van der Waals surface area contributed by atoms with E-state index < -0.39 is 17.5 Å². The molecule has 1 heterocycles. The SMILES string of the molecule is CCc1cnc(CNC(=O)N(CC)C(C)(C)C(=O)O)o1. The maximum Gasteiger partial charge on any atom is 0.329 e. The number of carbonyl (C=O) groups excluding carboxylic acids is 1. The van der Waals surface area contributed by atoms with E-state index in [4.69, 9.17) is 9.52 Å². The molecule has 0 saturated carbocycles. The van der Waals surface area contributed by atoms with Gasteiger partial charge in [-0.1, -0.05) is 6.92 Å². The maximum atomic E-state index is 12.1. The second-order valence-corrected chi connectivity index (χ2v) is 4.84. The fourth-order valence-electron chi connectivity index (χ4n) is 1.75. The van der Waals surface area contributed by atoms with Crippen molar-refractivity contribution < 1.29 is 19.1 Å². The first-order valence-electron chi connectivity index (χ1n) is 6.55. The van der Waals surface area contributed by atoms with E-state index in [1.165, 1.54) is 18.7 Å². The van der Waals surface area contributed by atoms with Gasteiger partial charge in [0.1, 0.15) is 11.3 Å². The minimum Gasteiger partial charge on any atom is -0.480 e. The highest BCUT2D eigenvalue weighted by molar-refractivity contribution is 5.85. The molecule has 1 aromatic heterocycles. The number of aryl methyl sites for hydroxylation is 1. The maximum absolute atomic E-state index is 12.1. The number of likely N-dealkylation sites (N-methyl/N-ethyl adjacent to an activating group) is 1. The molecule has 1 aromatic rings. The van der Waals surface area contributed by atoms with Crippen molar-refractivity contribution in [3.05, 3.63) is 17.8 Å². The molecule has 7 nitrogen and oxygen atoms in total. The smallest absolute Gasteiger partial charge is 0.329 e. The summed E-state index contributed by atoms with van der Waals surface area (Å²) < 4.78 is 5.37. The van der Waals surface area contributed by atoms with Crippen LogP contribution in [0.4, 0.5) is 4.79 Å². The Balaban J connectivity index is 2.66. The fraction of sp³-hybridized carbons (Fsp3) is 0.615. The Bertz CT molecular complexity index is 482. The zero-order chi connectivity index (χ0) is 15.3. The topological polar surface area (TPSA) is 95.7 Å². The van der Waals surface area contributed by atoms with Crippen molar-refractivity contribution in [3.63, 3.8) is 0 Å². The van der Waals surface area contributed by atoms with Gasteiger partial charge in [0.2, 0.25) is 5.89 Å². The van der Waals surface area contributed by atoms with Gasteiger partial charge in [0.05, 0.1) is 12.7 Å². The molecule has 0 radical (unpaired) electrons. The van der Waals surface area contributed by atoms with E-state index in [1.807, 2.05) is 6.92 Å². The summed E-state index contributed by atoms with van der Waals surface area (Å²) in [7, 11) is 0. The molecule has 1 rings (SSSR count). The van der Waals surface area contributed by atoms with Crippen LogP contribution in [0, 0.1) is 0 Å². The molecule has 2 amide bonds. The highest BCUT2D eigenvalue weighted by Gasteiger charge is 2.36. The Hall–Kier alpha value is -2.05. The number of hydrogen-bond acceptors (Lipinski definition) is 4. The lowest BCUT2D eigenvalue weighted by Crippen LogP contribution is -2.55. The Kier molecular flexibility index (Phi) is 5.12. The molecule has 0 saturated heterocycles. The Labute approximate surface area is 118 Å². The summed E-state index contributed by atoms with van der Waals surface area (Å²) >= 11 is 0.